The van der Waals surface area contributed by atoms with Gasteiger partial charge in [-0.05, 0) is 30.5 Å². The maximum atomic E-state index is 12.2. The Morgan fingerprint density at radius 2 is 2.15 bits per heavy atom. The highest BCUT2D eigenvalue weighted by molar-refractivity contribution is 6.31. The largest absolute Gasteiger partial charge is 0.497 e. The molecule has 6 heteroatoms. The number of halogens is 1. The van der Waals surface area contributed by atoms with Gasteiger partial charge < -0.3 is 14.7 Å². The van der Waals surface area contributed by atoms with Gasteiger partial charge in [-0.2, -0.15) is 0 Å². The molecule has 2 rings (SSSR count). The first-order chi connectivity index (χ1) is 9.51. The fourth-order valence-corrected chi connectivity index (χ4v) is 2.25. The average Bonchev–Trinajstić information content (AvgIpc) is 3.22. The first-order valence-corrected chi connectivity index (χ1v) is 6.72. The number of benzene rings is 1. The van der Waals surface area contributed by atoms with Crippen molar-refractivity contribution in [1.82, 2.24) is 4.90 Å². The summed E-state index contributed by atoms with van der Waals surface area (Å²) in [5.74, 6) is -0.580. The monoisotopic (exact) mass is 297 g/mol. The third kappa shape index (κ3) is 3.63. The number of ether oxygens (including phenoxy) is 1. The third-order valence-electron chi connectivity index (χ3n) is 3.22. The summed E-state index contributed by atoms with van der Waals surface area (Å²) in [7, 11) is 1.54. The Balaban J connectivity index is 2.07. The van der Waals surface area contributed by atoms with Gasteiger partial charge in [-0.15, -0.1) is 0 Å². The van der Waals surface area contributed by atoms with Gasteiger partial charge in [0.2, 0.25) is 5.91 Å². The number of methoxy groups -OCH3 is 1. The molecule has 1 aliphatic rings. The highest BCUT2D eigenvalue weighted by atomic mass is 35.5. The van der Waals surface area contributed by atoms with Crippen LogP contribution in [0.25, 0.3) is 0 Å². The highest BCUT2D eigenvalue weighted by Gasteiger charge is 2.33. The Bertz CT molecular complexity index is 528. The molecule has 1 aromatic rings. The lowest BCUT2D eigenvalue weighted by Crippen LogP contribution is -2.38. The number of aliphatic carboxylic acids is 1. The molecule has 1 aliphatic carbocycles. The zero-order chi connectivity index (χ0) is 14.7. The van der Waals surface area contributed by atoms with Crippen LogP contribution >= 0.6 is 11.6 Å². The number of nitrogens with zero attached hydrogens (tertiary/aromatic N) is 1. The van der Waals surface area contributed by atoms with E-state index in [0.29, 0.717) is 16.3 Å². The molecule has 1 amide bonds. The minimum atomic E-state index is -0.994. The minimum absolute atomic E-state index is 0.0654. The molecule has 1 aromatic carbocycles. The number of amides is 1. The van der Waals surface area contributed by atoms with Crippen LogP contribution in [0.1, 0.15) is 18.4 Å². The molecule has 0 aliphatic heterocycles. The second-order valence-electron chi connectivity index (χ2n) is 4.78. The van der Waals surface area contributed by atoms with E-state index < -0.39 is 5.97 Å². The normalized spacial score (nSPS) is 13.9. The van der Waals surface area contributed by atoms with Crippen molar-refractivity contribution in [2.45, 2.75) is 25.3 Å². The Hall–Kier alpha value is -1.75. The van der Waals surface area contributed by atoms with Gasteiger partial charge in [-0.25, -0.2) is 0 Å². The van der Waals surface area contributed by atoms with Crippen LogP contribution in [-0.2, 0) is 16.0 Å². The predicted octanol–water partition coefficient (Wildman–Crippen LogP) is 1.97. The fourth-order valence-electron chi connectivity index (χ4n) is 2.02. The van der Waals surface area contributed by atoms with Gasteiger partial charge in [0.1, 0.15) is 12.3 Å². The van der Waals surface area contributed by atoms with Crippen molar-refractivity contribution in [3.63, 3.8) is 0 Å². The molecular formula is C14H16ClNO4. The molecule has 0 saturated heterocycles. The maximum Gasteiger partial charge on any atom is 0.323 e. The molecule has 0 radical (unpaired) electrons. The van der Waals surface area contributed by atoms with Gasteiger partial charge in [0.15, 0.2) is 0 Å². The van der Waals surface area contributed by atoms with Crippen LogP contribution in [0.4, 0.5) is 0 Å². The predicted molar refractivity (Wildman–Crippen MR) is 74.1 cm³/mol. The van der Waals surface area contributed by atoms with E-state index in [1.54, 1.807) is 18.2 Å². The summed E-state index contributed by atoms with van der Waals surface area (Å²) >= 11 is 6.09. The summed E-state index contributed by atoms with van der Waals surface area (Å²) in [5, 5.41) is 9.31. The van der Waals surface area contributed by atoms with Crippen LogP contribution in [0.15, 0.2) is 18.2 Å². The number of carbonyl (C=O) groups is 2. The summed E-state index contributed by atoms with van der Waals surface area (Å²) in [6.07, 6.45) is 1.84. The smallest absolute Gasteiger partial charge is 0.323 e. The molecule has 1 saturated carbocycles. The summed E-state index contributed by atoms with van der Waals surface area (Å²) in [6, 6.07) is 5.16. The standard InChI is InChI=1S/C14H16ClNO4/c1-20-11-5-2-9(12(15)7-11)6-13(17)16(8-14(18)19)10-3-4-10/h2,5,7,10H,3-4,6,8H2,1H3,(H,18,19). The van der Waals surface area contributed by atoms with Gasteiger partial charge >= 0.3 is 5.97 Å². The average molecular weight is 298 g/mol. The van der Waals surface area contributed by atoms with Crippen LogP contribution in [-0.4, -0.2) is 41.6 Å². The molecule has 1 fully saturated rings. The molecule has 0 unspecified atom stereocenters. The van der Waals surface area contributed by atoms with E-state index in [4.69, 9.17) is 21.4 Å². The fraction of sp³-hybridized carbons (Fsp3) is 0.429. The number of carboxylic acids is 1. The minimum Gasteiger partial charge on any atom is -0.497 e. The lowest BCUT2D eigenvalue weighted by atomic mass is 10.1. The Labute approximate surface area is 122 Å². The molecular weight excluding hydrogens is 282 g/mol. The van der Waals surface area contributed by atoms with Gasteiger partial charge in [0, 0.05) is 11.1 Å². The topological polar surface area (TPSA) is 66.8 Å². The summed E-state index contributed by atoms with van der Waals surface area (Å²) in [5.41, 5.74) is 0.675. The van der Waals surface area contributed by atoms with E-state index in [9.17, 15) is 9.59 Å². The highest BCUT2D eigenvalue weighted by Crippen LogP contribution is 2.28. The first-order valence-electron chi connectivity index (χ1n) is 6.35. The van der Waals surface area contributed by atoms with Crippen molar-refractivity contribution < 1.29 is 19.4 Å². The Kier molecular flexibility index (Phi) is 4.49. The Morgan fingerprint density at radius 3 is 2.65 bits per heavy atom. The molecule has 0 aromatic heterocycles. The van der Waals surface area contributed by atoms with Crippen LogP contribution < -0.4 is 4.74 Å². The molecule has 0 bridgehead atoms. The van der Waals surface area contributed by atoms with Crippen LogP contribution in [0.5, 0.6) is 5.75 Å². The van der Waals surface area contributed by atoms with Crippen LogP contribution in [0.2, 0.25) is 5.02 Å². The number of carbonyl (C=O) groups excluding carboxylic acids is 1. The summed E-state index contributed by atoms with van der Waals surface area (Å²) in [6.45, 7) is -0.253. The Morgan fingerprint density at radius 1 is 1.45 bits per heavy atom. The van der Waals surface area contributed by atoms with Crippen molar-refractivity contribution >= 4 is 23.5 Å². The molecule has 20 heavy (non-hydrogen) atoms. The van der Waals surface area contributed by atoms with E-state index in [0.717, 1.165) is 12.8 Å². The van der Waals surface area contributed by atoms with Gasteiger partial charge in [-0.3, -0.25) is 9.59 Å². The van der Waals surface area contributed by atoms with E-state index in [2.05, 4.69) is 0 Å². The lowest BCUT2D eigenvalue weighted by Gasteiger charge is -2.20. The van der Waals surface area contributed by atoms with Gasteiger partial charge in [0.25, 0.3) is 0 Å². The molecule has 1 N–H and O–H groups in total. The lowest BCUT2D eigenvalue weighted by molar-refractivity contribution is -0.144. The number of carboxylic acid groups (broad SMARTS) is 1. The quantitative estimate of drug-likeness (QED) is 0.872. The van der Waals surface area contributed by atoms with Crippen molar-refractivity contribution in [3.05, 3.63) is 28.8 Å². The number of hydrogen-bond donors (Lipinski definition) is 1. The zero-order valence-corrected chi connectivity index (χ0v) is 11.9. The van der Waals surface area contributed by atoms with Crippen LogP contribution in [0, 0.1) is 0 Å². The number of hydrogen-bond acceptors (Lipinski definition) is 3. The van der Waals surface area contributed by atoms with Gasteiger partial charge in [0.05, 0.1) is 13.5 Å². The molecule has 0 heterocycles. The number of rotatable bonds is 6. The van der Waals surface area contributed by atoms with Crippen molar-refractivity contribution in [2.24, 2.45) is 0 Å². The van der Waals surface area contributed by atoms with Crippen molar-refractivity contribution in [1.29, 1.82) is 0 Å². The summed E-state index contributed by atoms with van der Waals surface area (Å²) < 4.78 is 5.05. The van der Waals surface area contributed by atoms with E-state index in [-0.39, 0.29) is 24.9 Å². The van der Waals surface area contributed by atoms with E-state index >= 15 is 0 Å². The van der Waals surface area contributed by atoms with Gasteiger partial charge in [-0.1, -0.05) is 17.7 Å². The maximum absolute atomic E-state index is 12.2. The molecule has 0 atom stereocenters. The second-order valence-corrected chi connectivity index (χ2v) is 5.19. The zero-order valence-electron chi connectivity index (χ0n) is 11.1. The second kappa shape index (κ2) is 6.13. The molecule has 0 spiro atoms. The third-order valence-corrected chi connectivity index (χ3v) is 3.57. The van der Waals surface area contributed by atoms with Crippen molar-refractivity contribution in [3.8, 4) is 5.75 Å². The molecule has 108 valence electrons. The van der Waals surface area contributed by atoms with Crippen LogP contribution in [0.3, 0.4) is 0 Å². The van der Waals surface area contributed by atoms with E-state index in [1.807, 2.05) is 0 Å². The molecule has 5 nitrogen and oxygen atoms in total. The van der Waals surface area contributed by atoms with Crippen molar-refractivity contribution in [2.75, 3.05) is 13.7 Å². The SMILES string of the molecule is COc1ccc(CC(=O)N(CC(=O)O)C2CC2)c(Cl)c1. The summed E-state index contributed by atoms with van der Waals surface area (Å²) in [4.78, 5) is 24.4. The van der Waals surface area contributed by atoms with E-state index in [1.165, 1.54) is 12.0 Å². The first kappa shape index (κ1) is 14.7.